The molecule has 1 N–H and O–H groups in total. The molecule has 0 saturated heterocycles. The van der Waals surface area contributed by atoms with Gasteiger partial charge in [0.1, 0.15) is 4.93 Å². The summed E-state index contributed by atoms with van der Waals surface area (Å²) in [6, 6.07) is 0. The number of hydrogen-bond donors (Lipinski definition) is 2. The van der Waals surface area contributed by atoms with Crippen LogP contribution < -0.4 is 0 Å². The summed E-state index contributed by atoms with van der Waals surface area (Å²) in [6.45, 7) is 2.57. The molecule has 0 amide bonds. The molecule has 0 saturated carbocycles. The number of rotatable bonds is 3. The number of hydrogen-bond acceptors (Lipinski definition) is 3. The quantitative estimate of drug-likeness (QED) is 0.453. The molecule has 0 bridgehead atoms. The van der Waals surface area contributed by atoms with E-state index in [0.29, 0.717) is 6.42 Å². The van der Waals surface area contributed by atoms with Gasteiger partial charge in [0.2, 0.25) is 0 Å². The Kier molecular flexibility index (Phi) is 3.54. The van der Waals surface area contributed by atoms with Crippen molar-refractivity contribution >= 4 is 12.6 Å². The maximum atomic E-state index is 9.10. The lowest BCUT2D eigenvalue weighted by molar-refractivity contribution is 0.138. The van der Waals surface area contributed by atoms with Crippen LogP contribution in [0.25, 0.3) is 0 Å². The van der Waals surface area contributed by atoms with Gasteiger partial charge in [0.25, 0.3) is 0 Å². The van der Waals surface area contributed by atoms with Crippen LogP contribution in [0, 0.1) is 0 Å². The highest BCUT2D eigenvalue weighted by Gasteiger charge is 2.12. The van der Waals surface area contributed by atoms with Crippen molar-refractivity contribution in [3.63, 3.8) is 0 Å². The van der Waals surface area contributed by atoms with Gasteiger partial charge < -0.3 is 10.0 Å². The van der Waals surface area contributed by atoms with Crippen LogP contribution in [0.2, 0.25) is 0 Å². The molecule has 0 aromatic rings. The predicted octanol–water partition coefficient (Wildman–Crippen LogP) is 0.576. The molecule has 0 rings (SSSR count). The lowest BCUT2D eigenvalue weighted by Crippen LogP contribution is -2.23. The second kappa shape index (κ2) is 3.44. The maximum absolute atomic E-state index is 9.10. The van der Waals surface area contributed by atoms with E-state index in [4.69, 9.17) is 5.11 Å². The van der Waals surface area contributed by atoms with E-state index >= 15 is 0 Å². The van der Waals surface area contributed by atoms with Crippen molar-refractivity contribution in [1.82, 2.24) is 4.90 Å². The van der Waals surface area contributed by atoms with Crippen LogP contribution in [0.3, 0.4) is 0 Å². The zero-order valence-corrected chi connectivity index (χ0v) is 7.15. The first-order valence-electron chi connectivity index (χ1n) is 3.01. The van der Waals surface area contributed by atoms with E-state index in [0.717, 1.165) is 6.54 Å². The predicted molar refractivity (Wildman–Crippen MR) is 42.8 cm³/mol. The molecule has 0 fully saturated rings. The van der Waals surface area contributed by atoms with E-state index in [-0.39, 0.29) is 0 Å². The Morgan fingerprint density at radius 3 is 2.11 bits per heavy atom. The van der Waals surface area contributed by atoms with Crippen molar-refractivity contribution in [2.45, 2.75) is 18.3 Å². The summed E-state index contributed by atoms with van der Waals surface area (Å²) in [7, 11) is 3.94. The van der Waals surface area contributed by atoms with E-state index in [1.807, 2.05) is 19.0 Å². The highest BCUT2D eigenvalue weighted by atomic mass is 32.1. The van der Waals surface area contributed by atoms with Crippen LogP contribution in [0.15, 0.2) is 0 Å². The standard InChI is InChI=1S/C6H15NOS/c1-6(8,9)4-5-7(2)3/h8-9H,4-5H2,1-3H3. The molecule has 3 heteroatoms. The fourth-order valence-electron chi connectivity index (χ4n) is 0.435. The van der Waals surface area contributed by atoms with E-state index in [1.54, 1.807) is 6.92 Å². The monoisotopic (exact) mass is 149 g/mol. The van der Waals surface area contributed by atoms with Crippen LogP contribution in [-0.4, -0.2) is 35.6 Å². The molecule has 0 radical (unpaired) electrons. The van der Waals surface area contributed by atoms with Gasteiger partial charge in [-0.05, 0) is 27.4 Å². The van der Waals surface area contributed by atoms with E-state index in [9.17, 15) is 0 Å². The average Bonchev–Trinajstić information content (AvgIpc) is 1.59. The van der Waals surface area contributed by atoms with Crippen LogP contribution >= 0.6 is 12.6 Å². The molecule has 0 aliphatic rings. The Morgan fingerprint density at radius 1 is 1.56 bits per heavy atom. The van der Waals surface area contributed by atoms with Gasteiger partial charge in [-0.3, -0.25) is 0 Å². The van der Waals surface area contributed by atoms with Crippen molar-refractivity contribution in [2.24, 2.45) is 0 Å². The molecule has 0 heterocycles. The Bertz CT molecular complexity index is 77.6. The highest BCUT2D eigenvalue weighted by molar-refractivity contribution is 7.81. The topological polar surface area (TPSA) is 23.5 Å². The third-order valence-corrected chi connectivity index (χ3v) is 1.26. The van der Waals surface area contributed by atoms with Gasteiger partial charge in [-0.2, -0.15) is 0 Å². The molecule has 2 nitrogen and oxygen atoms in total. The van der Waals surface area contributed by atoms with Crippen LogP contribution in [0.5, 0.6) is 0 Å². The number of nitrogens with zero attached hydrogens (tertiary/aromatic N) is 1. The normalized spacial score (nSPS) is 18.0. The van der Waals surface area contributed by atoms with Gasteiger partial charge in [-0.1, -0.05) is 0 Å². The number of thiol groups is 1. The zero-order valence-electron chi connectivity index (χ0n) is 6.26. The highest BCUT2D eigenvalue weighted by Crippen LogP contribution is 2.12. The minimum Gasteiger partial charge on any atom is -0.380 e. The molecule has 0 spiro atoms. The lowest BCUT2D eigenvalue weighted by atomic mass is 10.3. The summed E-state index contributed by atoms with van der Waals surface area (Å²) in [6.07, 6.45) is 0.698. The molecular weight excluding hydrogens is 134 g/mol. The van der Waals surface area contributed by atoms with E-state index < -0.39 is 4.93 Å². The molecule has 0 aliphatic heterocycles. The molecule has 1 unspecified atom stereocenters. The fraction of sp³-hybridized carbons (Fsp3) is 1.00. The minimum absolute atomic E-state index is 0.698. The zero-order chi connectivity index (χ0) is 7.49. The molecule has 0 aromatic heterocycles. The first-order valence-corrected chi connectivity index (χ1v) is 3.46. The maximum Gasteiger partial charge on any atom is 0.106 e. The van der Waals surface area contributed by atoms with Gasteiger partial charge >= 0.3 is 0 Å². The first-order chi connectivity index (χ1) is 3.92. The van der Waals surface area contributed by atoms with Crippen molar-refractivity contribution in [3.8, 4) is 0 Å². The Morgan fingerprint density at radius 2 is 2.00 bits per heavy atom. The van der Waals surface area contributed by atoms with Crippen molar-refractivity contribution in [3.05, 3.63) is 0 Å². The average molecular weight is 149 g/mol. The third kappa shape index (κ3) is 8.27. The van der Waals surface area contributed by atoms with Crippen LogP contribution in [0.1, 0.15) is 13.3 Å². The van der Waals surface area contributed by atoms with Crippen molar-refractivity contribution < 1.29 is 5.11 Å². The molecule has 0 aromatic carbocycles. The summed E-state index contributed by atoms with van der Waals surface area (Å²) in [5.41, 5.74) is 0. The molecule has 56 valence electrons. The summed E-state index contributed by atoms with van der Waals surface area (Å²) < 4.78 is 0. The van der Waals surface area contributed by atoms with Gasteiger partial charge in [0, 0.05) is 6.54 Å². The van der Waals surface area contributed by atoms with Crippen LogP contribution in [0.4, 0.5) is 0 Å². The van der Waals surface area contributed by atoms with Crippen LogP contribution in [-0.2, 0) is 0 Å². The van der Waals surface area contributed by atoms with Gasteiger partial charge in [-0.25, -0.2) is 0 Å². The Balaban J connectivity index is 3.28. The molecule has 9 heavy (non-hydrogen) atoms. The largest absolute Gasteiger partial charge is 0.380 e. The smallest absolute Gasteiger partial charge is 0.106 e. The summed E-state index contributed by atoms with van der Waals surface area (Å²) in [5.74, 6) is 0. The third-order valence-electron chi connectivity index (χ3n) is 1.03. The second-order valence-electron chi connectivity index (χ2n) is 2.77. The summed E-state index contributed by atoms with van der Waals surface area (Å²) >= 11 is 3.96. The second-order valence-corrected chi connectivity index (χ2v) is 3.73. The Hall–Kier alpha value is 0.270. The molecule has 1 atom stereocenters. The molecule has 0 aliphatic carbocycles. The van der Waals surface area contributed by atoms with E-state index in [2.05, 4.69) is 12.6 Å². The number of aliphatic hydroxyl groups is 1. The summed E-state index contributed by atoms with van der Waals surface area (Å²) in [5, 5.41) is 9.10. The van der Waals surface area contributed by atoms with Gasteiger partial charge in [0.05, 0.1) is 0 Å². The Labute approximate surface area is 62.3 Å². The van der Waals surface area contributed by atoms with Gasteiger partial charge in [-0.15, -0.1) is 12.6 Å². The minimum atomic E-state index is -0.815. The lowest BCUT2D eigenvalue weighted by Gasteiger charge is -2.18. The SMILES string of the molecule is CN(C)CCC(C)(O)S. The van der Waals surface area contributed by atoms with Crippen molar-refractivity contribution in [2.75, 3.05) is 20.6 Å². The van der Waals surface area contributed by atoms with Crippen molar-refractivity contribution in [1.29, 1.82) is 0 Å². The fourth-order valence-corrected chi connectivity index (χ4v) is 0.535. The summed E-state index contributed by atoms with van der Waals surface area (Å²) in [4.78, 5) is 1.20. The van der Waals surface area contributed by atoms with E-state index in [1.165, 1.54) is 0 Å². The first kappa shape index (κ1) is 9.27. The molecular formula is C6H15NOS. The van der Waals surface area contributed by atoms with Gasteiger partial charge in [0.15, 0.2) is 0 Å².